The Hall–Kier alpha value is -0.900. The number of thiophene rings is 1. The van der Waals surface area contributed by atoms with Crippen LogP contribution in [0.2, 0.25) is 0 Å². The molecule has 0 spiro atoms. The molecule has 9 heteroatoms. The Labute approximate surface area is 192 Å². The molecule has 1 N–H and O–H groups in total. The fraction of sp³-hybridized carbons (Fsp3) is 0.333. The summed E-state index contributed by atoms with van der Waals surface area (Å²) >= 11 is 4.61. The number of hydrogen-bond acceptors (Lipinski definition) is 6. The minimum atomic E-state index is -1.36. The number of carboxylic acid groups (broad SMARTS) is 1. The number of ether oxygens (including phenoxy) is 2. The second-order valence-electron chi connectivity index (χ2n) is 5.39. The molecule has 27 heavy (non-hydrogen) atoms. The van der Waals surface area contributed by atoms with E-state index in [1.165, 1.54) is 11.3 Å². The van der Waals surface area contributed by atoms with E-state index in [2.05, 4.69) is 21.2 Å². The average molecular weight is 464 g/mol. The standard InChI is InChI=1S/C18H20BrNO5S.Na/c1-4-24-7-8-25-14-6-5-12(19)9-13(14)20-17(21)15-10(2)26-11(3)16(15)18(22)23;/h5-6,9H,4,7-8H2,1-3H3,(H,20,21)(H,22,23);/q;+1/p-1. The Morgan fingerprint density at radius 1 is 1.19 bits per heavy atom. The first-order valence-corrected chi connectivity index (χ1v) is 9.58. The van der Waals surface area contributed by atoms with Crippen LogP contribution >= 0.6 is 27.3 Å². The maximum Gasteiger partial charge on any atom is 1.00 e. The van der Waals surface area contributed by atoms with E-state index >= 15 is 0 Å². The molecule has 6 nitrogen and oxygen atoms in total. The van der Waals surface area contributed by atoms with Crippen molar-refractivity contribution in [3.63, 3.8) is 0 Å². The number of aryl methyl sites for hydroxylation is 2. The molecule has 2 rings (SSSR count). The summed E-state index contributed by atoms with van der Waals surface area (Å²) in [5, 5.41) is 14.1. The van der Waals surface area contributed by atoms with Crippen molar-refractivity contribution in [3.05, 3.63) is 43.6 Å². The van der Waals surface area contributed by atoms with Crippen molar-refractivity contribution in [1.82, 2.24) is 0 Å². The number of nitrogens with one attached hydrogen (secondary N) is 1. The number of benzene rings is 1. The van der Waals surface area contributed by atoms with Crippen molar-refractivity contribution < 1.29 is 53.7 Å². The number of carbonyl (C=O) groups is 2. The average Bonchev–Trinajstić information content (AvgIpc) is 2.87. The predicted molar refractivity (Wildman–Crippen MR) is 102 cm³/mol. The van der Waals surface area contributed by atoms with Gasteiger partial charge < -0.3 is 24.7 Å². The minimum Gasteiger partial charge on any atom is -0.545 e. The molecule has 2 aromatic rings. The number of halogens is 1. The van der Waals surface area contributed by atoms with E-state index in [-0.39, 0.29) is 40.7 Å². The molecule has 1 aromatic carbocycles. The van der Waals surface area contributed by atoms with E-state index in [0.29, 0.717) is 41.0 Å². The Balaban J connectivity index is 0.00000364. The second-order valence-corrected chi connectivity index (χ2v) is 7.74. The summed E-state index contributed by atoms with van der Waals surface area (Å²) in [6.45, 7) is 6.61. The van der Waals surface area contributed by atoms with Gasteiger partial charge in [0.1, 0.15) is 12.4 Å². The predicted octanol–water partition coefficient (Wildman–Crippen LogP) is 0.163. The van der Waals surface area contributed by atoms with Crippen molar-refractivity contribution in [3.8, 4) is 5.75 Å². The van der Waals surface area contributed by atoms with Gasteiger partial charge in [-0.15, -0.1) is 11.3 Å². The van der Waals surface area contributed by atoms with E-state index in [4.69, 9.17) is 9.47 Å². The summed E-state index contributed by atoms with van der Waals surface area (Å²) in [6.07, 6.45) is 0. The summed E-state index contributed by atoms with van der Waals surface area (Å²) in [7, 11) is 0. The zero-order chi connectivity index (χ0) is 19.3. The van der Waals surface area contributed by atoms with Gasteiger partial charge in [-0.1, -0.05) is 15.9 Å². The Kier molecular flexibility index (Phi) is 10.0. The van der Waals surface area contributed by atoms with Crippen molar-refractivity contribution >= 4 is 44.8 Å². The van der Waals surface area contributed by atoms with Crippen molar-refractivity contribution in [2.75, 3.05) is 25.1 Å². The van der Waals surface area contributed by atoms with Gasteiger partial charge >= 0.3 is 29.6 Å². The molecule has 1 heterocycles. The first-order valence-electron chi connectivity index (χ1n) is 7.97. The van der Waals surface area contributed by atoms with Crippen LogP contribution in [0.15, 0.2) is 22.7 Å². The maximum absolute atomic E-state index is 12.7. The molecule has 0 atom stereocenters. The Morgan fingerprint density at radius 3 is 2.48 bits per heavy atom. The van der Waals surface area contributed by atoms with E-state index in [1.807, 2.05) is 6.92 Å². The van der Waals surface area contributed by atoms with Crippen LogP contribution < -0.4 is 44.7 Å². The third kappa shape index (κ3) is 6.30. The van der Waals surface area contributed by atoms with Gasteiger partial charge in [-0.2, -0.15) is 0 Å². The smallest absolute Gasteiger partial charge is 0.545 e. The first kappa shape index (κ1) is 24.1. The second kappa shape index (κ2) is 11.2. The Morgan fingerprint density at radius 2 is 1.85 bits per heavy atom. The molecule has 0 saturated heterocycles. The molecule has 0 fully saturated rings. The van der Waals surface area contributed by atoms with Crippen LogP contribution in [-0.2, 0) is 4.74 Å². The molecular formula is C18H19BrNNaO5S. The molecule has 0 aliphatic rings. The van der Waals surface area contributed by atoms with Gasteiger partial charge in [-0.3, -0.25) is 4.79 Å². The fourth-order valence-electron chi connectivity index (χ4n) is 2.47. The number of aromatic carboxylic acids is 1. The number of amides is 1. The molecule has 0 bridgehead atoms. The molecular weight excluding hydrogens is 445 g/mol. The van der Waals surface area contributed by atoms with E-state index < -0.39 is 11.9 Å². The van der Waals surface area contributed by atoms with Gasteiger partial charge in [0.15, 0.2) is 0 Å². The zero-order valence-corrected chi connectivity index (χ0v) is 20.1. The van der Waals surface area contributed by atoms with Crippen LogP contribution in [0.25, 0.3) is 0 Å². The van der Waals surface area contributed by atoms with Gasteiger partial charge in [0.05, 0.1) is 23.8 Å². The minimum absolute atomic E-state index is 0. The topological polar surface area (TPSA) is 87.7 Å². The number of anilines is 1. The summed E-state index contributed by atoms with van der Waals surface area (Å²) < 4.78 is 11.6. The molecule has 1 amide bonds. The van der Waals surface area contributed by atoms with Crippen LogP contribution in [0.1, 0.15) is 37.4 Å². The summed E-state index contributed by atoms with van der Waals surface area (Å²) in [4.78, 5) is 25.3. The number of carboxylic acids is 1. The molecule has 0 radical (unpaired) electrons. The summed E-state index contributed by atoms with van der Waals surface area (Å²) in [5.74, 6) is -1.40. The number of hydrogen-bond donors (Lipinski definition) is 1. The SMILES string of the molecule is CCOCCOc1ccc(Br)cc1NC(=O)c1c(C)sc(C)c1C(=O)[O-].[Na+]. The van der Waals surface area contributed by atoms with Crippen LogP contribution in [-0.4, -0.2) is 31.7 Å². The zero-order valence-electron chi connectivity index (χ0n) is 15.7. The van der Waals surface area contributed by atoms with E-state index in [0.717, 1.165) is 4.47 Å². The van der Waals surface area contributed by atoms with Crippen LogP contribution in [0.4, 0.5) is 5.69 Å². The van der Waals surface area contributed by atoms with E-state index in [1.54, 1.807) is 32.0 Å². The van der Waals surface area contributed by atoms with Crippen LogP contribution in [0, 0.1) is 13.8 Å². The first-order chi connectivity index (χ1) is 12.3. The van der Waals surface area contributed by atoms with E-state index in [9.17, 15) is 14.7 Å². The molecule has 0 saturated carbocycles. The van der Waals surface area contributed by atoms with Gasteiger partial charge in [0.25, 0.3) is 5.91 Å². The largest absolute Gasteiger partial charge is 1.00 e. The summed E-state index contributed by atoms with van der Waals surface area (Å²) in [5.41, 5.74) is 0.486. The quantitative estimate of drug-likeness (QED) is 0.445. The normalized spacial score (nSPS) is 10.2. The molecule has 1 aromatic heterocycles. The third-order valence-corrected chi connectivity index (χ3v) is 5.08. The molecule has 0 aliphatic carbocycles. The van der Waals surface area contributed by atoms with Gasteiger partial charge in [0.2, 0.25) is 0 Å². The molecule has 0 aliphatic heterocycles. The van der Waals surface area contributed by atoms with Crippen molar-refractivity contribution in [2.45, 2.75) is 20.8 Å². The van der Waals surface area contributed by atoms with Crippen LogP contribution in [0.3, 0.4) is 0 Å². The van der Waals surface area contributed by atoms with Crippen molar-refractivity contribution in [1.29, 1.82) is 0 Å². The third-order valence-electron chi connectivity index (χ3n) is 3.57. The fourth-order valence-corrected chi connectivity index (χ4v) is 3.87. The molecule has 140 valence electrons. The number of rotatable bonds is 8. The Bertz CT molecular complexity index is 824. The van der Waals surface area contributed by atoms with Gasteiger partial charge in [-0.05, 0) is 39.0 Å². The van der Waals surface area contributed by atoms with Crippen molar-refractivity contribution in [2.24, 2.45) is 0 Å². The summed E-state index contributed by atoms with van der Waals surface area (Å²) in [6, 6.07) is 5.20. The van der Waals surface area contributed by atoms with Crippen LogP contribution in [0.5, 0.6) is 5.75 Å². The number of carbonyl (C=O) groups excluding carboxylic acids is 2. The molecule has 0 unspecified atom stereocenters. The van der Waals surface area contributed by atoms with Gasteiger partial charge in [0, 0.05) is 26.4 Å². The monoisotopic (exact) mass is 463 g/mol. The maximum atomic E-state index is 12.7. The van der Waals surface area contributed by atoms with Gasteiger partial charge in [-0.25, -0.2) is 0 Å².